The number of aromatic amines is 1. The van der Waals surface area contributed by atoms with Gasteiger partial charge >= 0.3 is 0 Å². The minimum atomic E-state index is -1.29. The Kier molecular flexibility index (Phi) is 4.03. The summed E-state index contributed by atoms with van der Waals surface area (Å²) in [7, 11) is 0. The maximum Gasteiger partial charge on any atom is 0.240 e. The number of nitrogens with two attached hydrogens (primary N) is 1. The van der Waals surface area contributed by atoms with E-state index in [4.69, 9.17) is 10.5 Å². The number of nitrogens with zero attached hydrogens (tertiary/aromatic N) is 3. The van der Waals surface area contributed by atoms with Crippen molar-refractivity contribution < 1.29 is 19.7 Å². The quantitative estimate of drug-likeness (QED) is 0.367. The van der Waals surface area contributed by atoms with Gasteiger partial charge in [0.2, 0.25) is 5.91 Å². The maximum atomic E-state index is 12.2. The van der Waals surface area contributed by atoms with Gasteiger partial charge in [-0.25, -0.2) is 15.0 Å². The first-order chi connectivity index (χ1) is 12.4. The number of fused-ring (bicyclic) bond motifs is 1. The number of ether oxygens (including phenoxy) is 1. The van der Waals surface area contributed by atoms with Gasteiger partial charge in [-0.1, -0.05) is 0 Å². The summed E-state index contributed by atoms with van der Waals surface area (Å²) in [4.78, 5) is 27.2. The molecule has 2 fully saturated rings. The summed E-state index contributed by atoms with van der Waals surface area (Å²) in [5.74, 6) is 0.0444. The molecule has 1 aliphatic carbocycles. The molecular formula is C15H21N7O4. The zero-order valence-electron chi connectivity index (χ0n) is 14.1. The van der Waals surface area contributed by atoms with E-state index < -0.39 is 36.1 Å². The number of aliphatic hydroxyl groups excluding tert-OH is 2. The number of nitrogens with one attached hydrogen (secondary N) is 3. The van der Waals surface area contributed by atoms with Gasteiger partial charge in [0.1, 0.15) is 24.1 Å². The van der Waals surface area contributed by atoms with Crippen LogP contribution in [0.25, 0.3) is 11.2 Å². The second-order valence-corrected chi connectivity index (χ2v) is 6.87. The number of carbonyl (C=O) groups excluding carboxylic acids is 1. The summed E-state index contributed by atoms with van der Waals surface area (Å²) in [6, 6.07) is -0.769. The fraction of sp³-hybridized carbons (Fsp3) is 0.600. The van der Waals surface area contributed by atoms with Gasteiger partial charge in [-0.2, -0.15) is 0 Å². The molecule has 2 aromatic heterocycles. The molecule has 26 heavy (non-hydrogen) atoms. The van der Waals surface area contributed by atoms with E-state index in [1.807, 2.05) is 0 Å². The lowest BCUT2D eigenvalue weighted by atomic mass is 9.95. The van der Waals surface area contributed by atoms with Crippen LogP contribution in [0.5, 0.6) is 0 Å². The SMILES string of the molecule is C[C@@H]1O[C@H](Nc2ncnc3nc[nH]c23)[C@@H](O)[C@H](O)[C@H]1NC(=O)C1(N)CC1. The van der Waals surface area contributed by atoms with Crippen LogP contribution in [0.3, 0.4) is 0 Å². The fourth-order valence-electron chi connectivity index (χ4n) is 3.05. The largest absolute Gasteiger partial charge is 0.388 e. The molecule has 140 valence electrons. The van der Waals surface area contributed by atoms with Crippen molar-refractivity contribution in [3.05, 3.63) is 12.7 Å². The third-order valence-corrected chi connectivity index (χ3v) is 4.94. The molecule has 1 amide bonds. The Morgan fingerprint density at radius 1 is 1.35 bits per heavy atom. The highest BCUT2D eigenvalue weighted by Crippen LogP contribution is 2.33. The average Bonchev–Trinajstić information content (AvgIpc) is 3.18. The highest BCUT2D eigenvalue weighted by molar-refractivity contribution is 5.89. The Bertz CT molecular complexity index is 823. The number of rotatable bonds is 4. The summed E-state index contributed by atoms with van der Waals surface area (Å²) in [6.07, 6.45) is 0.0129. The molecule has 11 heteroatoms. The maximum absolute atomic E-state index is 12.2. The van der Waals surface area contributed by atoms with Crippen molar-refractivity contribution in [2.45, 2.75) is 55.9 Å². The molecule has 0 radical (unpaired) electrons. The number of hydrogen-bond acceptors (Lipinski definition) is 9. The van der Waals surface area contributed by atoms with Gasteiger partial charge in [-0.15, -0.1) is 0 Å². The monoisotopic (exact) mass is 363 g/mol. The number of imidazole rings is 1. The van der Waals surface area contributed by atoms with Gasteiger partial charge < -0.3 is 36.3 Å². The van der Waals surface area contributed by atoms with Gasteiger partial charge in [0.25, 0.3) is 0 Å². The standard InChI is InChI=1S/C15H21N7O4/c1-6-7(21-14(25)15(16)2-3-15)9(23)10(24)13(26-6)22-12-8-11(18-4-17-8)19-5-20-12/h4-7,9-10,13,23-24H,2-3,16H2,1H3,(H,21,25)(H2,17,18,19,20,22)/t6-,7-,9+,10-,13-/m0/s1. The van der Waals surface area contributed by atoms with E-state index >= 15 is 0 Å². The van der Waals surface area contributed by atoms with Crippen molar-refractivity contribution in [2.75, 3.05) is 5.32 Å². The highest BCUT2D eigenvalue weighted by Gasteiger charge is 2.50. The van der Waals surface area contributed by atoms with Crippen LogP contribution in [-0.4, -0.2) is 72.2 Å². The Morgan fingerprint density at radius 2 is 2.12 bits per heavy atom. The summed E-state index contributed by atoms with van der Waals surface area (Å²) >= 11 is 0. The Balaban J connectivity index is 1.48. The first kappa shape index (κ1) is 17.1. The molecule has 2 aromatic rings. The number of hydrogen-bond donors (Lipinski definition) is 6. The van der Waals surface area contributed by atoms with Crippen LogP contribution in [0.1, 0.15) is 19.8 Å². The van der Waals surface area contributed by atoms with E-state index in [-0.39, 0.29) is 5.91 Å². The predicted molar refractivity (Wildman–Crippen MR) is 89.7 cm³/mol. The molecule has 2 aliphatic rings. The Labute approximate surface area is 148 Å². The van der Waals surface area contributed by atoms with Gasteiger partial charge in [0.05, 0.1) is 24.0 Å². The molecule has 1 aliphatic heterocycles. The molecule has 0 unspecified atom stereocenters. The molecule has 1 saturated carbocycles. The molecule has 0 bridgehead atoms. The Morgan fingerprint density at radius 3 is 2.85 bits per heavy atom. The smallest absolute Gasteiger partial charge is 0.240 e. The third-order valence-electron chi connectivity index (χ3n) is 4.94. The van der Waals surface area contributed by atoms with E-state index in [9.17, 15) is 15.0 Å². The minimum Gasteiger partial charge on any atom is -0.388 e. The van der Waals surface area contributed by atoms with Crippen molar-refractivity contribution >= 4 is 22.9 Å². The summed E-state index contributed by atoms with van der Waals surface area (Å²) < 4.78 is 5.77. The van der Waals surface area contributed by atoms with Crippen LogP contribution in [0.2, 0.25) is 0 Å². The number of aliphatic hydroxyl groups is 2. The lowest BCUT2D eigenvalue weighted by Gasteiger charge is -2.42. The molecular weight excluding hydrogens is 342 g/mol. The van der Waals surface area contributed by atoms with E-state index in [2.05, 4.69) is 30.6 Å². The third kappa shape index (κ3) is 2.88. The topological polar surface area (TPSA) is 171 Å². The molecule has 5 atom stereocenters. The average molecular weight is 363 g/mol. The van der Waals surface area contributed by atoms with Crippen LogP contribution in [0, 0.1) is 0 Å². The van der Waals surface area contributed by atoms with Crippen LogP contribution in [-0.2, 0) is 9.53 Å². The summed E-state index contributed by atoms with van der Waals surface area (Å²) in [5, 5.41) is 26.6. The predicted octanol–water partition coefficient (Wildman–Crippen LogP) is -1.79. The normalized spacial score (nSPS) is 33.0. The van der Waals surface area contributed by atoms with Gasteiger partial charge in [-0.05, 0) is 19.8 Å². The molecule has 0 spiro atoms. The second kappa shape index (κ2) is 6.13. The van der Waals surface area contributed by atoms with Gasteiger partial charge in [0.15, 0.2) is 17.7 Å². The van der Waals surface area contributed by atoms with Crippen LogP contribution < -0.4 is 16.4 Å². The lowest BCUT2D eigenvalue weighted by molar-refractivity contribution is -0.173. The van der Waals surface area contributed by atoms with Crippen molar-refractivity contribution in [2.24, 2.45) is 5.73 Å². The molecule has 7 N–H and O–H groups in total. The van der Waals surface area contributed by atoms with Gasteiger partial charge in [0, 0.05) is 0 Å². The van der Waals surface area contributed by atoms with Crippen molar-refractivity contribution in [3.63, 3.8) is 0 Å². The highest BCUT2D eigenvalue weighted by atomic mass is 16.5. The fourth-order valence-corrected chi connectivity index (χ4v) is 3.05. The van der Waals surface area contributed by atoms with Crippen molar-refractivity contribution in [1.29, 1.82) is 0 Å². The summed E-state index contributed by atoms with van der Waals surface area (Å²) in [5.41, 5.74) is 6.02. The van der Waals surface area contributed by atoms with Crippen molar-refractivity contribution in [3.8, 4) is 0 Å². The molecule has 1 saturated heterocycles. The number of H-pyrrole nitrogens is 1. The van der Waals surface area contributed by atoms with E-state index in [0.717, 1.165) is 0 Å². The second-order valence-electron chi connectivity index (χ2n) is 6.87. The molecule has 0 aromatic carbocycles. The first-order valence-electron chi connectivity index (χ1n) is 8.41. The number of carbonyl (C=O) groups is 1. The first-order valence-corrected chi connectivity index (χ1v) is 8.41. The van der Waals surface area contributed by atoms with Crippen LogP contribution in [0.15, 0.2) is 12.7 Å². The molecule has 4 rings (SSSR count). The zero-order valence-corrected chi connectivity index (χ0v) is 14.1. The Hall–Kier alpha value is -2.34. The number of amides is 1. The number of aromatic nitrogens is 4. The van der Waals surface area contributed by atoms with E-state index in [1.165, 1.54) is 12.7 Å². The molecule has 11 nitrogen and oxygen atoms in total. The van der Waals surface area contributed by atoms with Crippen molar-refractivity contribution in [1.82, 2.24) is 25.3 Å². The minimum absolute atomic E-state index is 0.342. The zero-order chi connectivity index (χ0) is 18.5. The summed E-state index contributed by atoms with van der Waals surface area (Å²) in [6.45, 7) is 1.70. The lowest BCUT2D eigenvalue weighted by Crippen LogP contribution is -2.65. The van der Waals surface area contributed by atoms with Crippen LogP contribution in [0.4, 0.5) is 5.82 Å². The number of anilines is 1. The van der Waals surface area contributed by atoms with E-state index in [1.54, 1.807) is 6.92 Å². The van der Waals surface area contributed by atoms with E-state index in [0.29, 0.717) is 29.8 Å². The van der Waals surface area contributed by atoms with Gasteiger partial charge in [-0.3, -0.25) is 4.79 Å². The van der Waals surface area contributed by atoms with Crippen LogP contribution >= 0.6 is 0 Å². The molecule has 3 heterocycles.